The molecular formula is C16H18N4O. The number of aromatic nitrogens is 2. The minimum Gasteiger partial charge on any atom is -0.347 e. The van der Waals surface area contributed by atoms with Crippen molar-refractivity contribution in [3.05, 3.63) is 41.6 Å². The van der Waals surface area contributed by atoms with Crippen LogP contribution in [0.5, 0.6) is 0 Å². The number of aryl methyl sites for hydroxylation is 1. The lowest BCUT2D eigenvalue weighted by atomic mass is 10.0. The van der Waals surface area contributed by atoms with E-state index in [1.807, 2.05) is 38.2 Å². The van der Waals surface area contributed by atoms with Crippen LogP contribution in [0.25, 0.3) is 11.3 Å². The van der Waals surface area contributed by atoms with Gasteiger partial charge >= 0.3 is 0 Å². The number of nitriles is 1. The summed E-state index contributed by atoms with van der Waals surface area (Å²) in [5.41, 5.74) is 3.06. The van der Waals surface area contributed by atoms with Crippen LogP contribution in [0.15, 0.2) is 30.5 Å². The van der Waals surface area contributed by atoms with Gasteiger partial charge in [0.1, 0.15) is 6.04 Å². The third-order valence-electron chi connectivity index (χ3n) is 3.41. The molecule has 1 aromatic carbocycles. The molecule has 0 saturated carbocycles. The first kappa shape index (κ1) is 14.8. The van der Waals surface area contributed by atoms with Crippen molar-refractivity contribution < 1.29 is 4.79 Å². The van der Waals surface area contributed by atoms with Crippen LogP contribution in [0.3, 0.4) is 0 Å². The van der Waals surface area contributed by atoms with E-state index in [4.69, 9.17) is 0 Å². The van der Waals surface area contributed by atoms with Crippen LogP contribution in [0, 0.1) is 18.3 Å². The Morgan fingerprint density at radius 1 is 1.38 bits per heavy atom. The van der Waals surface area contributed by atoms with E-state index in [0.717, 1.165) is 16.8 Å². The summed E-state index contributed by atoms with van der Waals surface area (Å²) in [5.74, 6) is -0.0161. The standard InChI is InChI=1S/C16H18N4O/c1-11-10-20(12(2)16(21)19(3)4)18-15(11)14-8-6-5-7-13(14)9-17/h5-8,10,12H,1-4H3. The Hall–Kier alpha value is -2.61. The zero-order chi connectivity index (χ0) is 15.6. The van der Waals surface area contributed by atoms with E-state index in [9.17, 15) is 10.1 Å². The van der Waals surface area contributed by atoms with Gasteiger partial charge in [-0.15, -0.1) is 0 Å². The largest absolute Gasteiger partial charge is 0.347 e. The highest BCUT2D eigenvalue weighted by molar-refractivity contribution is 5.79. The number of hydrogen-bond acceptors (Lipinski definition) is 3. The number of likely N-dealkylation sites (N-methyl/N-ethyl adjacent to an activating group) is 1. The van der Waals surface area contributed by atoms with Crippen molar-refractivity contribution in [2.75, 3.05) is 14.1 Å². The Labute approximate surface area is 124 Å². The molecule has 0 N–H and O–H groups in total. The first-order chi connectivity index (χ1) is 9.95. The third kappa shape index (κ3) is 2.79. The van der Waals surface area contributed by atoms with Crippen molar-refractivity contribution in [2.45, 2.75) is 19.9 Å². The molecule has 1 heterocycles. The minimum atomic E-state index is -0.373. The molecule has 0 spiro atoms. The number of carbonyl (C=O) groups excluding carboxylic acids is 1. The molecule has 21 heavy (non-hydrogen) atoms. The lowest BCUT2D eigenvalue weighted by Crippen LogP contribution is -2.30. The first-order valence-electron chi connectivity index (χ1n) is 6.72. The lowest BCUT2D eigenvalue weighted by molar-refractivity contribution is -0.131. The molecule has 0 aliphatic rings. The lowest BCUT2D eigenvalue weighted by Gasteiger charge is -2.16. The van der Waals surface area contributed by atoms with Gasteiger partial charge in [-0.2, -0.15) is 10.4 Å². The normalized spacial score (nSPS) is 11.8. The van der Waals surface area contributed by atoms with Gasteiger partial charge in [0.25, 0.3) is 0 Å². The van der Waals surface area contributed by atoms with Gasteiger partial charge in [0.05, 0.1) is 17.3 Å². The zero-order valence-corrected chi connectivity index (χ0v) is 12.7. The van der Waals surface area contributed by atoms with E-state index in [1.54, 1.807) is 29.7 Å². The average Bonchev–Trinajstić information content (AvgIpc) is 2.87. The molecule has 1 atom stereocenters. The summed E-state index contributed by atoms with van der Waals surface area (Å²) in [4.78, 5) is 13.6. The van der Waals surface area contributed by atoms with Gasteiger partial charge in [-0.1, -0.05) is 18.2 Å². The van der Waals surface area contributed by atoms with Gasteiger partial charge in [-0.05, 0) is 25.5 Å². The van der Waals surface area contributed by atoms with Crippen LogP contribution in [0.1, 0.15) is 24.1 Å². The third-order valence-corrected chi connectivity index (χ3v) is 3.41. The van der Waals surface area contributed by atoms with Crippen molar-refractivity contribution in [3.8, 4) is 17.3 Å². The van der Waals surface area contributed by atoms with Gasteiger partial charge in [0.15, 0.2) is 0 Å². The molecule has 1 aromatic heterocycles. The molecule has 0 radical (unpaired) electrons. The maximum absolute atomic E-state index is 12.0. The van der Waals surface area contributed by atoms with Gasteiger partial charge in [0.2, 0.25) is 5.91 Å². The summed E-state index contributed by atoms with van der Waals surface area (Å²) in [5, 5.41) is 13.7. The Morgan fingerprint density at radius 3 is 2.67 bits per heavy atom. The average molecular weight is 282 g/mol. The molecule has 0 aliphatic heterocycles. The summed E-state index contributed by atoms with van der Waals surface area (Å²) in [7, 11) is 3.45. The highest BCUT2D eigenvalue weighted by Gasteiger charge is 2.20. The summed E-state index contributed by atoms with van der Waals surface area (Å²) in [6.45, 7) is 3.74. The summed E-state index contributed by atoms with van der Waals surface area (Å²) in [6.07, 6.45) is 1.84. The molecule has 5 nitrogen and oxygen atoms in total. The van der Waals surface area contributed by atoms with Crippen molar-refractivity contribution in [3.63, 3.8) is 0 Å². The predicted molar refractivity (Wildman–Crippen MR) is 80.5 cm³/mol. The summed E-state index contributed by atoms with van der Waals surface area (Å²) >= 11 is 0. The molecule has 5 heteroatoms. The zero-order valence-electron chi connectivity index (χ0n) is 12.7. The SMILES string of the molecule is Cc1cn(C(C)C(=O)N(C)C)nc1-c1ccccc1C#N. The second-order valence-corrected chi connectivity index (χ2v) is 5.21. The summed E-state index contributed by atoms with van der Waals surface area (Å²) in [6, 6.07) is 9.14. The molecule has 0 fully saturated rings. The fourth-order valence-corrected chi connectivity index (χ4v) is 2.22. The molecule has 2 aromatic rings. The molecule has 0 aliphatic carbocycles. The van der Waals surface area contributed by atoms with E-state index in [0.29, 0.717) is 5.56 Å². The second kappa shape index (κ2) is 5.80. The van der Waals surface area contributed by atoms with E-state index in [2.05, 4.69) is 11.2 Å². The minimum absolute atomic E-state index is 0.0161. The number of hydrogen-bond donors (Lipinski definition) is 0. The number of benzene rings is 1. The monoisotopic (exact) mass is 282 g/mol. The number of carbonyl (C=O) groups is 1. The first-order valence-corrected chi connectivity index (χ1v) is 6.72. The van der Waals surface area contributed by atoms with E-state index in [-0.39, 0.29) is 11.9 Å². The van der Waals surface area contributed by atoms with Crippen molar-refractivity contribution in [1.29, 1.82) is 5.26 Å². The fourth-order valence-electron chi connectivity index (χ4n) is 2.22. The van der Waals surface area contributed by atoms with E-state index < -0.39 is 0 Å². The molecule has 0 saturated heterocycles. The molecule has 0 bridgehead atoms. The maximum Gasteiger partial charge on any atom is 0.246 e. The number of amides is 1. The fraction of sp³-hybridized carbons (Fsp3) is 0.312. The van der Waals surface area contributed by atoms with Crippen molar-refractivity contribution in [1.82, 2.24) is 14.7 Å². The molecule has 108 valence electrons. The van der Waals surface area contributed by atoms with Gasteiger partial charge in [-0.25, -0.2) is 0 Å². The smallest absolute Gasteiger partial charge is 0.246 e. The van der Waals surface area contributed by atoms with Crippen LogP contribution in [-0.2, 0) is 4.79 Å². The molecule has 2 rings (SSSR count). The quantitative estimate of drug-likeness (QED) is 0.868. The molecule has 1 unspecified atom stereocenters. The van der Waals surface area contributed by atoms with Crippen molar-refractivity contribution in [2.24, 2.45) is 0 Å². The van der Waals surface area contributed by atoms with Crippen LogP contribution in [0.4, 0.5) is 0 Å². The highest BCUT2D eigenvalue weighted by Crippen LogP contribution is 2.26. The van der Waals surface area contributed by atoms with Gasteiger partial charge in [0, 0.05) is 25.9 Å². The Bertz CT molecular complexity index is 709. The second-order valence-electron chi connectivity index (χ2n) is 5.21. The van der Waals surface area contributed by atoms with Gasteiger partial charge < -0.3 is 4.90 Å². The number of rotatable bonds is 3. The van der Waals surface area contributed by atoms with E-state index >= 15 is 0 Å². The summed E-state index contributed by atoms with van der Waals surface area (Å²) < 4.78 is 1.65. The maximum atomic E-state index is 12.0. The number of nitrogens with zero attached hydrogens (tertiary/aromatic N) is 4. The van der Waals surface area contributed by atoms with Crippen molar-refractivity contribution >= 4 is 5.91 Å². The molecular weight excluding hydrogens is 264 g/mol. The van der Waals surface area contributed by atoms with Crippen LogP contribution in [-0.4, -0.2) is 34.7 Å². The predicted octanol–water partition coefficient (Wildman–Crippen LogP) is 2.38. The van der Waals surface area contributed by atoms with Crippen LogP contribution >= 0.6 is 0 Å². The van der Waals surface area contributed by atoms with Crippen LogP contribution < -0.4 is 0 Å². The molecule has 1 amide bonds. The Balaban J connectivity index is 2.45. The topological polar surface area (TPSA) is 61.9 Å². The van der Waals surface area contributed by atoms with Gasteiger partial charge in [-0.3, -0.25) is 9.48 Å². The van der Waals surface area contributed by atoms with Crippen LogP contribution in [0.2, 0.25) is 0 Å². The van der Waals surface area contributed by atoms with E-state index in [1.165, 1.54) is 0 Å². The Kier molecular flexibility index (Phi) is 4.08. The highest BCUT2D eigenvalue weighted by atomic mass is 16.2. The Morgan fingerprint density at radius 2 is 2.05 bits per heavy atom.